The first kappa shape index (κ1) is 14.9. The van der Waals surface area contributed by atoms with Gasteiger partial charge in [-0.3, -0.25) is 0 Å². The summed E-state index contributed by atoms with van der Waals surface area (Å²) < 4.78 is 5.37. The van der Waals surface area contributed by atoms with Crippen LogP contribution in [-0.2, 0) is 17.8 Å². The fourth-order valence-corrected chi connectivity index (χ4v) is 2.46. The maximum absolute atomic E-state index is 12.0. The number of rotatable bonds is 4. The van der Waals surface area contributed by atoms with E-state index in [0.29, 0.717) is 19.1 Å². The molecule has 1 saturated heterocycles. The van der Waals surface area contributed by atoms with E-state index < -0.39 is 0 Å². The molecule has 0 spiro atoms. The van der Waals surface area contributed by atoms with E-state index in [1.54, 1.807) is 4.90 Å². The predicted octanol–water partition coefficient (Wildman–Crippen LogP) is 2.56. The number of aryl methyl sites for hydroxylation is 1. The SMILES string of the molecule is CCc1ccc(COC(=O)N2CCC(CN)CC2)cc1. The Kier molecular flexibility index (Phi) is 5.41. The van der Waals surface area contributed by atoms with Gasteiger partial charge in [0.2, 0.25) is 0 Å². The second kappa shape index (κ2) is 7.29. The van der Waals surface area contributed by atoms with Crippen molar-refractivity contribution in [2.24, 2.45) is 11.7 Å². The normalized spacial score (nSPS) is 16.2. The Labute approximate surface area is 120 Å². The van der Waals surface area contributed by atoms with Crippen molar-refractivity contribution in [3.63, 3.8) is 0 Å². The van der Waals surface area contributed by atoms with Crippen LogP contribution in [0.15, 0.2) is 24.3 Å². The molecule has 0 radical (unpaired) electrons. The van der Waals surface area contributed by atoms with Gasteiger partial charge >= 0.3 is 6.09 Å². The summed E-state index contributed by atoms with van der Waals surface area (Å²) in [6.07, 6.45) is 2.78. The molecule has 4 heteroatoms. The number of hydrogen-bond donors (Lipinski definition) is 1. The molecule has 1 aliphatic rings. The molecule has 1 fully saturated rings. The third-order valence-corrected chi connectivity index (χ3v) is 4.00. The predicted molar refractivity (Wildman–Crippen MR) is 79.4 cm³/mol. The summed E-state index contributed by atoms with van der Waals surface area (Å²) in [5, 5.41) is 0. The van der Waals surface area contributed by atoms with Crippen molar-refractivity contribution >= 4 is 6.09 Å². The third kappa shape index (κ3) is 3.97. The first-order valence-corrected chi connectivity index (χ1v) is 7.42. The summed E-state index contributed by atoms with van der Waals surface area (Å²) in [6.45, 7) is 4.71. The topological polar surface area (TPSA) is 55.6 Å². The molecule has 4 nitrogen and oxygen atoms in total. The second-order valence-corrected chi connectivity index (χ2v) is 5.39. The van der Waals surface area contributed by atoms with E-state index in [1.165, 1.54) is 5.56 Å². The van der Waals surface area contributed by atoms with E-state index in [0.717, 1.165) is 37.9 Å². The zero-order valence-corrected chi connectivity index (χ0v) is 12.2. The molecule has 1 aromatic carbocycles. The molecule has 0 atom stereocenters. The van der Waals surface area contributed by atoms with Crippen LogP contribution < -0.4 is 5.73 Å². The van der Waals surface area contributed by atoms with Gasteiger partial charge in [0.05, 0.1) is 0 Å². The molecule has 2 N–H and O–H groups in total. The second-order valence-electron chi connectivity index (χ2n) is 5.39. The van der Waals surface area contributed by atoms with Gasteiger partial charge in [-0.1, -0.05) is 31.2 Å². The lowest BCUT2D eigenvalue weighted by Crippen LogP contribution is -2.40. The van der Waals surface area contributed by atoms with Gasteiger partial charge in [0.1, 0.15) is 6.61 Å². The van der Waals surface area contributed by atoms with Gasteiger partial charge in [-0.2, -0.15) is 0 Å². The Morgan fingerprint density at radius 3 is 2.40 bits per heavy atom. The molecule has 1 amide bonds. The molecule has 0 saturated carbocycles. The molecule has 0 aliphatic carbocycles. The molecular weight excluding hydrogens is 252 g/mol. The van der Waals surface area contributed by atoms with E-state index in [4.69, 9.17) is 10.5 Å². The van der Waals surface area contributed by atoms with Gasteiger partial charge in [-0.15, -0.1) is 0 Å². The van der Waals surface area contributed by atoms with Gasteiger partial charge < -0.3 is 15.4 Å². The Bertz CT molecular complexity index is 423. The molecule has 20 heavy (non-hydrogen) atoms. The maximum atomic E-state index is 12.0. The monoisotopic (exact) mass is 276 g/mol. The Morgan fingerprint density at radius 1 is 1.25 bits per heavy atom. The lowest BCUT2D eigenvalue weighted by atomic mass is 9.97. The molecule has 2 rings (SSSR count). The van der Waals surface area contributed by atoms with E-state index in [1.807, 2.05) is 12.1 Å². The highest BCUT2D eigenvalue weighted by atomic mass is 16.6. The summed E-state index contributed by atoms with van der Waals surface area (Å²) in [6, 6.07) is 8.20. The average molecular weight is 276 g/mol. The first-order valence-electron chi connectivity index (χ1n) is 7.42. The molecule has 110 valence electrons. The van der Waals surface area contributed by atoms with Crippen molar-refractivity contribution in [3.05, 3.63) is 35.4 Å². The summed E-state index contributed by atoms with van der Waals surface area (Å²) >= 11 is 0. The van der Waals surface area contributed by atoms with Gasteiger partial charge in [-0.05, 0) is 42.9 Å². The van der Waals surface area contributed by atoms with E-state index in [2.05, 4.69) is 19.1 Å². The van der Waals surface area contributed by atoms with Crippen LogP contribution in [0.25, 0.3) is 0 Å². The number of ether oxygens (including phenoxy) is 1. The van der Waals surface area contributed by atoms with Crippen LogP contribution in [0.1, 0.15) is 30.9 Å². The molecule has 0 bridgehead atoms. The van der Waals surface area contributed by atoms with Crippen molar-refractivity contribution < 1.29 is 9.53 Å². The minimum Gasteiger partial charge on any atom is -0.445 e. The first-order chi connectivity index (χ1) is 9.72. The maximum Gasteiger partial charge on any atom is 0.410 e. The van der Waals surface area contributed by atoms with Crippen LogP contribution in [0.2, 0.25) is 0 Å². The minimum atomic E-state index is -0.208. The minimum absolute atomic E-state index is 0.208. The van der Waals surface area contributed by atoms with E-state index in [-0.39, 0.29) is 6.09 Å². The van der Waals surface area contributed by atoms with Crippen LogP contribution in [-0.4, -0.2) is 30.6 Å². The quantitative estimate of drug-likeness (QED) is 0.919. The highest BCUT2D eigenvalue weighted by Gasteiger charge is 2.22. The van der Waals surface area contributed by atoms with Crippen molar-refractivity contribution in [2.45, 2.75) is 32.8 Å². The van der Waals surface area contributed by atoms with Crippen LogP contribution in [0, 0.1) is 5.92 Å². The number of likely N-dealkylation sites (tertiary alicyclic amines) is 1. The summed E-state index contributed by atoms with van der Waals surface area (Å²) in [5.74, 6) is 0.556. The summed E-state index contributed by atoms with van der Waals surface area (Å²) in [7, 11) is 0. The molecule has 0 unspecified atom stereocenters. The Hall–Kier alpha value is -1.55. The number of benzene rings is 1. The fraction of sp³-hybridized carbons (Fsp3) is 0.562. The lowest BCUT2D eigenvalue weighted by molar-refractivity contribution is 0.0829. The van der Waals surface area contributed by atoms with Crippen molar-refractivity contribution in [1.29, 1.82) is 0 Å². The number of hydrogen-bond acceptors (Lipinski definition) is 3. The zero-order valence-electron chi connectivity index (χ0n) is 12.2. The molecule has 1 heterocycles. The van der Waals surface area contributed by atoms with Crippen LogP contribution in [0.4, 0.5) is 4.79 Å². The van der Waals surface area contributed by atoms with Gasteiger partial charge in [0.15, 0.2) is 0 Å². The molecule has 1 aromatic rings. The van der Waals surface area contributed by atoms with Crippen LogP contribution in [0.3, 0.4) is 0 Å². The zero-order chi connectivity index (χ0) is 14.4. The summed E-state index contributed by atoms with van der Waals surface area (Å²) in [5.41, 5.74) is 7.98. The van der Waals surface area contributed by atoms with Crippen molar-refractivity contribution in [3.8, 4) is 0 Å². The molecule has 0 aromatic heterocycles. The Balaban J connectivity index is 1.77. The summed E-state index contributed by atoms with van der Waals surface area (Å²) in [4.78, 5) is 13.7. The average Bonchev–Trinajstić information content (AvgIpc) is 2.53. The van der Waals surface area contributed by atoms with Crippen molar-refractivity contribution in [2.75, 3.05) is 19.6 Å². The number of amides is 1. The lowest BCUT2D eigenvalue weighted by Gasteiger charge is -2.30. The van der Waals surface area contributed by atoms with Gasteiger partial charge in [-0.25, -0.2) is 4.79 Å². The van der Waals surface area contributed by atoms with Gasteiger partial charge in [0.25, 0.3) is 0 Å². The number of carbonyl (C=O) groups excluding carboxylic acids is 1. The molecule has 1 aliphatic heterocycles. The highest BCUT2D eigenvalue weighted by molar-refractivity contribution is 5.67. The molecular formula is C16H24N2O2. The number of carbonyl (C=O) groups is 1. The largest absolute Gasteiger partial charge is 0.445 e. The Morgan fingerprint density at radius 2 is 1.85 bits per heavy atom. The third-order valence-electron chi connectivity index (χ3n) is 4.00. The standard InChI is InChI=1S/C16H24N2O2/c1-2-13-3-5-15(6-4-13)12-20-16(19)18-9-7-14(11-17)8-10-18/h3-6,14H,2,7-12,17H2,1H3. The van der Waals surface area contributed by atoms with Crippen molar-refractivity contribution in [1.82, 2.24) is 4.90 Å². The fourth-order valence-electron chi connectivity index (χ4n) is 2.46. The van der Waals surface area contributed by atoms with Crippen LogP contribution >= 0.6 is 0 Å². The van der Waals surface area contributed by atoms with Crippen LogP contribution in [0.5, 0.6) is 0 Å². The number of nitrogens with two attached hydrogens (primary N) is 1. The van der Waals surface area contributed by atoms with E-state index in [9.17, 15) is 4.79 Å². The van der Waals surface area contributed by atoms with Gasteiger partial charge in [0, 0.05) is 13.1 Å². The number of piperidine rings is 1. The van der Waals surface area contributed by atoms with E-state index >= 15 is 0 Å². The number of nitrogens with zero attached hydrogens (tertiary/aromatic N) is 1. The smallest absolute Gasteiger partial charge is 0.410 e. The highest BCUT2D eigenvalue weighted by Crippen LogP contribution is 2.17.